The molecular weight excluding hydrogens is 508 g/mol. The number of ether oxygens (including phenoxy) is 4. The van der Waals surface area contributed by atoms with E-state index in [0.29, 0.717) is 41.4 Å². The highest BCUT2D eigenvalue weighted by Gasteiger charge is 2.48. The highest BCUT2D eigenvalue weighted by Crippen LogP contribution is 2.52. The summed E-state index contributed by atoms with van der Waals surface area (Å²) in [6.45, 7) is 13.6. The third-order valence-electron chi connectivity index (χ3n) is 6.28. The molecule has 0 aliphatic heterocycles. The van der Waals surface area contributed by atoms with Crippen molar-refractivity contribution in [1.82, 2.24) is 0 Å². The molecule has 0 aromatic heterocycles. The SMILES string of the molecule is C=CC(=O)OCCCO/C(C)=C/C=C(\C)C(=O)OC1=CC=C(OC(=O)c2ccc(CCCC)cc2)C2CC12.CC. The Hall–Kier alpha value is -3.87. The first-order valence-corrected chi connectivity index (χ1v) is 14.0. The van der Waals surface area contributed by atoms with Crippen LogP contribution in [0, 0.1) is 11.8 Å². The molecule has 0 bridgehead atoms. The van der Waals surface area contributed by atoms with Crippen molar-refractivity contribution in [1.29, 1.82) is 0 Å². The third-order valence-corrected chi connectivity index (χ3v) is 6.28. The summed E-state index contributed by atoms with van der Waals surface area (Å²) >= 11 is 0. The molecule has 216 valence electrons. The van der Waals surface area contributed by atoms with E-state index in [4.69, 9.17) is 18.9 Å². The second-order valence-electron chi connectivity index (χ2n) is 9.37. The number of hydrogen-bond donors (Lipinski definition) is 0. The van der Waals surface area contributed by atoms with Crippen LogP contribution in [-0.4, -0.2) is 31.1 Å². The Morgan fingerprint density at radius 1 is 0.900 bits per heavy atom. The molecule has 7 heteroatoms. The molecule has 2 unspecified atom stereocenters. The highest BCUT2D eigenvalue weighted by atomic mass is 16.5. The first kappa shape index (κ1) is 32.3. The summed E-state index contributed by atoms with van der Waals surface area (Å²) in [7, 11) is 0. The summed E-state index contributed by atoms with van der Waals surface area (Å²) in [6, 6.07) is 7.56. The van der Waals surface area contributed by atoms with Crippen LogP contribution in [0.25, 0.3) is 0 Å². The predicted molar refractivity (Wildman–Crippen MR) is 155 cm³/mol. The van der Waals surface area contributed by atoms with E-state index in [9.17, 15) is 14.4 Å². The number of esters is 3. The van der Waals surface area contributed by atoms with Crippen LogP contribution >= 0.6 is 0 Å². The Balaban J connectivity index is 0.00000274. The second-order valence-corrected chi connectivity index (χ2v) is 9.37. The van der Waals surface area contributed by atoms with Gasteiger partial charge in [-0.25, -0.2) is 14.4 Å². The Morgan fingerprint density at radius 3 is 2.15 bits per heavy atom. The predicted octanol–water partition coefficient (Wildman–Crippen LogP) is 7.16. The molecule has 2 atom stereocenters. The second kappa shape index (κ2) is 17.0. The number of aryl methyl sites for hydroxylation is 1. The van der Waals surface area contributed by atoms with Gasteiger partial charge in [0.25, 0.3) is 0 Å². The zero-order chi connectivity index (χ0) is 29.5. The van der Waals surface area contributed by atoms with Crippen LogP contribution < -0.4 is 0 Å². The average Bonchev–Trinajstić information content (AvgIpc) is 3.79. The Labute approximate surface area is 238 Å². The van der Waals surface area contributed by atoms with Crippen molar-refractivity contribution >= 4 is 17.9 Å². The van der Waals surface area contributed by atoms with Crippen molar-refractivity contribution in [2.45, 2.75) is 66.7 Å². The average molecular weight is 551 g/mol. The summed E-state index contributed by atoms with van der Waals surface area (Å²) in [5.41, 5.74) is 2.16. The number of unbranched alkanes of at least 4 members (excludes halogenated alkanes) is 1. The van der Waals surface area contributed by atoms with Crippen molar-refractivity contribution in [2.75, 3.05) is 13.2 Å². The number of fused-ring (bicyclic) bond motifs is 1. The van der Waals surface area contributed by atoms with Crippen LogP contribution in [0.2, 0.25) is 0 Å². The smallest absolute Gasteiger partial charge is 0.343 e. The van der Waals surface area contributed by atoms with Gasteiger partial charge in [-0.3, -0.25) is 0 Å². The van der Waals surface area contributed by atoms with Crippen molar-refractivity contribution in [3.8, 4) is 0 Å². The van der Waals surface area contributed by atoms with E-state index in [2.05, 4.69) is 13.5 Å². The minimum atomic E-state index is -0.462. The standard InChI is InChI=1S/C31H36O7.C2H6/c1-5-7-9-23-12-14-24(15-13-23)31(34)38-28-17-16-27(25-20-26(25)28)37-30(33)21(3)10-11-22(4)35-18-8-19-36-29(32)6-2;1-2/h6,10-17,25-26H,2,5,7-9,18-20H2,1,3-4H3;1-2H3/b21-10+,22-11+;. The van der Waals surface area contributed by atoms with Gasteiger partial charge >= 0.3 is 17.9 Å². The highest BCUT2D eigenvalue weighted by molar-refractivity contribution is 5.90. The monoisotopic (exact) mass is 550 g/mol. The largest absolute Gasteiger partial charge is 0.498 e. The van der Waals surface area contributed by atoms with Crippen LogP contribution in [0.1, 0.15) is 76.2 Å². The Morgan fingerprint density at radius 2 is 1.52 bits per heavy atom. The van der Waals surface area contributed by atoms with Gasteiger partial charge in [-0.15, -0.1) is 0 Å². The van der Waals surface area contributed by atoms with Crippen molar-refractivity contribution in [3.05, 3.63) is 95.2 Å². The first-order valence-electron chi connectivity index (χ1n) is 14.0. The summed E-state index contributed by atoms with van der Waals surface area (Å²) in [4.78, 5) is 36.1. The Bertz CT molecular complexity index is 1150. The Kier molecular flexibility index (Phi) is 13.7. The molecule has 0 amide bonds. The van der Waals surface area contributed by atoms with Crippen molar-refractivity contribution < 1.29 is 33.3 Å². The van der Waals surface area contributed by atoms with Crippen LogP contribution in [0.15, 0.2) is 84.1 Å². The maximum absolute atomic E-state index is 12.6. The van der Waals surface area contributed by atoms with Crippen LogP contribution in [0.3, 0.4) is 0 Å². The number of hydrogen-bond acceptors (Lipinski definition) is 7. The van der Waals surface area contributed by atoms with E-state index in [1.54, 1.807) is 50.3 Å². The summed E-state index contributed by atoms with van der Waals surface area (Å²) in [6.07, 6.45) is 12.4. The molecule has 1 aromatic carbocycles. The molecule has 1 saturated carbocycles. The third kappa shape index (κ3) is 10.4. The van der Waals surface area contributed by atoms with Crippen molar-refractivity contribution in [3.63, 3.8) is 0 Å². The van der Waals surface area contributed by atoms with Crippen LogP contribution in [0.4, 0.5) is 0 Å². The molecule has 40 heavy (non-hydrogen) atoms. The number of rotatable bonds is 14. The molecule has 3 rings (SSSR count). The van der Waals surface area contributed by atoms with Gasteiger partial charge < -0.3 is 18.9 Å². The number of carbonyl (C=O) groups is 3. The lowest BCUT2D eigenvalue weighted by Crippen LogP contribution is -2.12. The van der Waals surface area contributed by atoms with Gasteiger partial charge in [-0.1, -0.05) is 45.9 Å². The van der Waals surface area contributed by atoms with Crippen LogP contribution in [-0.2, 0) is 35.0 Å². The van der Waals surface area contributed by atoms with E-state index in [1.807, 2.05) is 26.0 Å². The van der Waals surface area contributed by atoms with Gasteiger partial charge in [0, 0.05) is 29.9 Å². The minimum absolute atomic E-state index is 0.0340. The zero-order valence-corrected chi connectivity index (χ0v) is 24.4. The van der Waals surface area contributed by atoms with Crippen molar-refractivity contribution in [2.24, 2.45) is 11.8 Å². The molecule has 2 aliphatic rings. The lowest BCUT2D eigenvalue weighted by Gasteiger charge is -2.14. The van der Waals surface area contributed by atoms with E-state index in [1.165, 1.54) is 5.56 Å². The van der Waals surface area contributed by atoms with Gasteiger partial charge in [-0.05, 0) is 75.1 Å². The van der Waals surface area contributed by atoms with E-state index in [-0.39, 0.29) is 24.4 Å². The number of allylic oxidation sites excluding steroid dienone is 7. The van der Waals surface area contributed by atoms with E-state index in [0.717, 1.165) is 31.8 Å². The number of carbonyl (C=O) groups excluding carboxylic acids is 3. The maximum Gasteiger partial charge on any atom is 0.343 e. The van der Waals surface area contributed by atoms with Gasteiger partial charge in [0.15, 0.2) is 0 Å². The molecule has 0 N–H and O–H groups in total. The van der Waals surface area contributed by atoms with Gasteiger partial charge in [-0.2, -0.15) is 0 Å². The molecule has 0 spiro atoms. The van der Waals surface area contributed by atoms with Gasteiger partial charge in [0.2, 0.25) is 0 Å². The topological polar surface area (TPSA) is 88.1 Å². The molecule has 2 aliphatic carbocycles. The molecule has 0 heterocycles. The molecule has 1 aromatic rings. The fraction of sp³-hybridized carbons (Fsp3) is 0.424. The fourth-order valence-corrected chi connectivity index (χ4v) is 3.88. The maximum atomic E-state index is 12.6. The summed E-state index contributed by atoms with van der Waals surface area (Å²) < 4.78 is 21.7. The van der Waals surface area contributed by atoms with Crippen LogP contribution in [0.5, 0.6) is 0 Å². The lowest BCUT2D eigenvalue weighted by atomic mass is 10.1. The molecule has 0 radical (unpaired) electrons. The van der Waals surface area contributed by atoms with Gasteiger partial charge in [0.1, 0.15) is 11.5 Å². The summed E-state index contributed by atoms with van der Waals surface area (Å²) in [5, 5.41) is 0. The molecule has 7 nitrogen and oxygen atoms in total. The first-order chi connectivity index (χ1) is 19.3. The van der Waals surface area contributed by atoms with E-state index >= 15 is 0 Å². The molecule has 0 saturated heterocycles. The fourth-order valence-electron chi connectivity index (χ4n) is 3.88. The quantitative estimate of drug-likeness (QED) is 0.0606. The molecular formula is C33H42O7. The minimum Gasteiger partial charge on any atom is -0.498 e. The zero-order valence-electron chi connectivity index (χ0n) is 24.4. The summed E-state index contributed by atoms with van der Waals surface area (Å²) in [5.74, 6) is 0.606. The molecule has 1 fully saturated rings. The normalized spacial score (nSPS) is 17.6. The van der Waals surface area contributed by atoms with E-state index < -0.39 is 11.9 Å². The number of benzene rings is 1. The van der Waals surface area contributed by atoms with Gasteiger partial charge in [0.05, 0.1) is 24.5 Å². The lowest BCUT2D eigenvalue weighted by molar-refractivity contribution is -0.138.